The zero-order valence-corrected chi connectivity index (χ0v) is 10.3. The molecule has 4 heteroatoms. The number of phenols is 1. The minimum atomic E-state index is -0.0436. The lowest BCUT2D eigenvalue weighted by Gasteiger charge is -2.07. The van der Waals surface area contributed by atoms with Crippen molar-refractivity contribution in [3.63, 3.8) is 0 Å². The zero-order valence-electron chi connectivity index (χ0n) is 8.72. The predicted octanol–water partition coefficient (Wildman–Crippen LogP) is 4.29. The molecule has 1 N–H and O–H groups in total. The molecule has 17 heavy (non-hydrogen) atoms. The number of phenolic OH excluding ortho intramolecular Hbond substituents is 1. The van der Waals surface area contributed by atoms with Crippen LogP contribution in [0.5, 0.6) is 5.75 Å². The molecule has 84 valence electrons. The van der Waals surface area contributed by atoms with E-state index < -0.39 is 0 Å². The molecule has 0 amide bonds. The number of thioether (sulfide) groups is 1. The normalized spacial score (nSPS) is 9.88. The highest BCUT2D eigenvalue weighted by Gasteiger charge is 2.10. The molecule has 0 spiro atoms. The first-order valence-corrected chi connectivity index (χ1v) is 6.05. The highest BCUT2D eigenvalue weighted by molar-refractivity contribution is 8.03. The molecule has 2 aromatic rings. The standard InChI is InChI=1S/C13H8ClNOS/c14-11-6-10(9-4-2-1-3-5-9)7-12(13(11)16)17-8-15/h1-7,16H. The first-order valence-electron chi connectivity index (χ1n) is 4.86. The summed E-state index contributed by atoms with van der Waals surface area (Å²) >= 11 is 6.83. The van der Waals surface area contributed by atoms with Crippen LogP contribution in [0.1, 0.15) is 0 Å². The van der Waals surface area contributed by atoms with E-state index in [1.807, 2.05) is 35.7 Å². The smallest absolute Gasteiger partial charge is 0.148 e. The number of rotatable bonds is 2. The summed E-state index contributed by atoms with van der Waals surface area (Å²) in [5, 5.41) is 20.5. The minimum absolute atomic E-state index is 0.0436. The second-order valence-corrected chi connectivity index (χ2v) is 4.60. The van der Waals surface area contributed by atoms with E-state index in [0.717, 1.165) is 22.9 Å². The van der Waals surface area contributed by atoms with Crippen molar-refractivity contribution in [3.05, 3.63) is 47.5 Å². The van der Waals surface area contributed by atoms with Gasteiger partial charge in [0, 0.05) is 0 Å². The summed E-state index contributed by atoms with van der Waals surface area (Å²) in [4.78, 5) is 0.471. The number of hydrogen-bond acceptors (Lipinski definition) is 3. The highest BCUT2D eigenvalue weighted by Crippen LogP contribution is 2.38. The molecule has 0 fully saturated rings. The van der Waals surface area contributed by atoms with Gasteiger partial charge in [-0.1, -0.05) is 41.9 Å². The number of aromatic hydroxyl groups is 1. The van der Waals surface area contributed by atoms with Crippen molar-refractivity contribution >= 4 is 23.4 Å². The van der Waals surface area contributed by atoms with Crippen LogP contribution in [0.3, 0.4) is 0 Å². The molecule has 0 aliphatic carbocycles. The van der Waals surface area contributed by atoms with E-state index in [1.54, 1.807) is 12.1 Å². The van der Waals surface area contributed by atoms with Crippen LogP contribution in [0, 0.1) is 10.7 Å². The first kappa shape index (κ1) is 11.8. The summed E-state index contributed by atoms with van der Waals surface area (Å²) in [7, 11) is 0. The van der Waals surface area contributed by atoms with Gasteiger partial charge in [-0.2, -0.15) is 5.26 Å². The summed E-state index contributed by atoms with van der Waals surface area (Å²) in [6.07, 6.45) is 0. The summed E-state index contributed by atoms with van der Waals surface area (Å²) in [6.45, 7) is 0. The van der Waals surface area contributed by atoms with Crippen LogP contribution in [-0.4, -0.2) is 5.11 Å². The Kier molecular flexibility index (Phi) is 3.58. The minimum Gasteiger partial charge on any atom is -0.505 e. The fourth-order valence-electron chi connectivity index (χ4n) is 1.50. The second kappa shape index (κ2) is 5.13. The number of hydrogen-bond donors (Lipinski definition) is 1. The van der Waals surface area contributed by atoms with Crippen LogP contribution in [0.25, 0.3) is 11.1 Å². The Morgan fingerprint density at radius 3 is 2.47 bits per heavy atom. The van der Waals surface area contributed by atoms with E-state index in [2.05, 4.69) is 0 Å². The lowest BCUT2D eigenvalue weighted by Crippen LogP contribution is -1.81. The van der Waals surface area contributed by atoms with Gasteiger partial charge in [0.25, 0.3) is 0 Å². The third-order valence-electron chi connectivity index (χ3n) is 2.29. The van der Waals surface area contributed by atoms with Crippen molar-refractivity contribution in [2.75, 3.05) is 0 Å². The number of nitrogens with zero attached hydrogens (tertiary/aromatic N) is 1. The molecular weight excluding hydrogens is 254 g/mol. The molecule has 2 nitrogen and oxygen atoms in total. The highest BCUT2D eigenvalue weighted by atomic mass is 35.5. The Labute approximate surface area is 108 Å². The van der Waals surface area contributed by atoms with Gasteiger partial charge >= 0.3 is 0 Å². The van der Waals surface area contributed by atoms with Crippen LogP contribution >= 0.6 is 23.4 Å². The SMILES string of the molecule is N#CSc1cc(-c2ccccc2)cc(Cl)c1O. The molecular formula is C13H8ClNOS. The van der Waals surface area contributed by atoms with Gasteiger partial charge in [0.2, 0.25) is 0 Å². The molecule has 0 heterocycles. The van der Waals surface area contributed by atoms with Crippen molar-refractivity contribution in [1.29, 1.82) is 5.26 Å². The van der Waals surface area contributed by atoms with Gasteiger partial charge in [-0.15, -0.1) is 0 Å². The van der Waals surface area contributed by atoms with E-state index in [-0.39, 0.29) is 10.8 Å². The maximum Gasteiger partial charge on any atom is 0.148 e. The molecule has 0 unspecified atom stereocenters. The first-order chi connectivity index (χ1) is 8.22. The van der Waals surface area contributed by atoms with Crippen molar-refractivity contribution in [1.82, 2.24) is 0 Å². The molecule has 0 bridgehead atoms. The quantitative estimate of drug-likeness (QED) is 0.648. The Bertz CT molecular complexity index is 578. The monoisotopic (exact) mass is 261 g/mol. The van der Waals surface area contributed by atoms with E-state index in [9.17, 15) is 5.11 Å². The lowest BCUT2D eigenvalue weighted by molar-refractivity contribution is 0.463. The fourth-order valence-corrected chi connectivity index (χ4v) is 2.26. The van der Waals surface area contributed by atoms with E-state index in [0.29, 0.717) is 4.90 Å². The van der Waals surface area contributed by atoms with Crippen molar-refractivity contribution in [2.24, 2.45) is 0 Å². The maximum absolute atomic E-state index is 9.70. The van der Waals surface area contributed by atoms with E-state index in [1.165, 1.54) is 0 Å². The number of thiocyanates is 1. The van der Waals surface area contributed by atoms with Crippen molar-refractivity contribution < 1.29 is 5.11 Å². The second-order valence-electron chi connectivity index (χ2n) is 3.36. The van der Waals surface area contributed by atoms with Gasteiger partial charge in [-0.3, -0.25) is 0 Å². The summed E-state index contributed by atoms with van der Waals surface area (Å²) in [6, 6.07) is 13.1. The molecule has 0 aromatic heterocycles. The van der Waals surface area contributed by atoms with Crippen LogP contribution in [0.15, 0.2) is 47.4 Å². The average Bonchev–Trinajstić information content (AvgIpc) is 2.36. The van der Waals surface area contributed by atoms with Crippen LogP contribution in [-0.2, 0) is 0 Å². The topological polar surface area (TPSA) is 44.0 Å². The van der Waals surface area contributed by atoms with Crippen LogP contribution < -0.4 is 0 Å². The third kappa shape index (κ3) is 2.55. The predicted molar refractivity (Wildman–Crippen MR) is 70.0 cm³/mol. The van der Waals surface area contributed by atoms with Crippen LogP contribution in [0.2, 0.25) is 5.02 Å². The molecule has 0 aliphatic rings. The molecule has 2 aromatic carbocycles. The number of halogens is 1. The number of benzene rings is 2. The van der Waals surface area contributed by atoms with Crippen LogP contribution in [0.4, 0.5) is 0 Å². The molecule has 0 atom stereocenters. The Morgan fingerprint density at radius 1 is 1.12 bits per heavy atom. The molecule has 2 rings (SSSR count). The zero-order chi connectivity index (χ0) is 12.3. The summed E-state index contributed by atoms with van der Waals surface area (Å²) in [5.74, 6) is -0.0436. The summed E-state index contributed by atoms with van der Waals surface area (Å²) in [5.41, 5.74) is 1.88. The van der Waals surface area contributed by atoms with E-state index >= 15 is 0 Å². The van der Waals surface area contributed by atoms with Crippen molar-refractivity contribution in [2.45, 2.75) is 4.90 Å². The van der Waals surface area contributed by atoms with Gasteiger partial charge in [0.05, 0.1) is 9.92 Å². The third-order valence-corrected chi connectivity index (χ3v) is 3.20. The number of nitriles is 1. The average molecular weight is 262 g/mol. The van der Waals surface area contributed by atoms with Gasteiger partial charge in [-0.05, 0) is 35.0 Å². The Morgan fingerprint density at radius 2 is 1.82 bits per heavy atom. The maximum atomic E-state index is 9.70. The van der Waals surface area contributed by atoms with Gasteiger partial charge in [0.15, 0.2) is 0 Å². The largest absolute Gasteiger partial charge is 0.505 e. The fraction of sp³-hybridized carbons (Fsp3) is 0. The molecule has 0 saturated heterocycles. The van der Waals surface area contributed by atoms with Crippen molar-refractivity contribution in [3.8, 4) is 22.3 Å². The van der Waals surface area contributed by atoms with E-state index in [4.69, 9.17) is 16.9 Å². The van der Waals surface area contributed by atoms with Gasteiger partial charge < -0.3 is 5.11 Å². The molecule has 0 radical (unpaired) electrons. The Hall–Kier alpha value is -1.63. The molecule has 0 aliphatic heterocycles. The summed E-state index contributed by atoms with van der Waals surface area (Å²) < 4.78 is 0. The lowest BCUT2D eigenvalue weighted by atomic mass is 10.1. The van der Waals surface area contributed by atoms with Gasteiger partial charge in [-0.25, -0.2) is 0 Å². The Balaban J connectivity index is 2.54. The van der Waals surface area contributed by atoms with Gasteiger partial charge in [0.1, 0.15) is 11.2 Å². The molecule has 0 saturated carbocycles.